The molecule has 13 nitrogen and oxygen atoms in total. The summed E-state index contributed by atoms with van der Waals surface area (Å²) in [4.78, 5) is 28.0. The lowest BCUT2D eigenvalue weighted by Gasteiger charge is -2.54. The van der Waals surface area contributed by atoms with E-state index >= 15 is 0 Å². The molecule has 0 N–H and O–H groups in total. The van der Waals surface area contributed by atoms with Gasteiger partial charge in [-0.25, -0.2) is 22.8 Å². The highest BCUT2D eigenvalue weighted by Gasteiger charge is 2.46. The van der Waals surface area contributed by atoms with Crippen molar-refractivity contribution in [1.29, 1.82) is 0 Å². The molecule has 0 radical (unpaired) electrons. The van der Waals surface area contributed by atoms with E-state index in [0.29, 0.717) is 23.9 Å². The van der Waals surface area contributed by atoms with Crippen LogP contribution in [0.25, 0.3) is 0 Å². The van der Waals surface area contributed by atoms with E-state index in [2.05, 4.69) is 24.9 Å². The lowest BCUT2D eigenvalue weighted by molar-refractivity contribution is -0.0269. The first-order valence-electron chi connectivity index (χ1n) is 16.1. The topological polar surface area (TPSA) is 126 Å². The summed E-state index contributed by atoms with van der Waals surface area (Å²) < 4.78 is 53.6. The average Bonchev–Trinajstić information content (AvgIpc) is 3.46. The zero-order valence-corrected chi connectivity index (χ0v) is 28.2. The van der Waals surface area contributed by atoms with Crippen LogP contribution in [0.15, 0.2) is 43.1 Å². The van der Waals surface area contributed by atoms with Gasteiger partial charge in [0.1, 0.15) is 17.9 Å². The Balaban J connectivity index is 1.02. The quantitative estimate of drug-likeness (QED) is 0.322. The van der Waals surface area contributed by atoms with Gasteiger partial charge in [-0.1, -0.05) is 0 Å². The maximum Gasteiger partial charge on any atom is 0.257 e. The molecule has 3 fully saturated rings. The predicted molar refractivity (Wildman–Crippen MR) is 175 cm³/mol. The van der Waals surface area contributed by atoms with Crippen molar-refractivity contribution in [3.05, 3.63) is 54.5 Å². The first kappa shape index (κ1) is 33.1. The summed E-state index contributed by atoms with van der Waals surface area (Å²) in [6.07, 6.45) is 10.0. The molecule has 0 aliphatic carbocycles. The van der Waals surface area contributed by atoms with Gasteiger partial charge in [0.05, 0.1) is 42.4 Å². The fourth-order valence-corrected chi connectivity index (χ4v) is 7.48. The summed E-state index contributed by atoms with van der Waals surface area (Å²) in [7, 11) is 0.655. The van der Waals surface area contributed by atoms with Crippen molar-refractivity contribution in [1.82, 2.24) is 29.5 Å². The maximum absolute atomic E-state index is 14.2. The fraction of sp³-hybridized carbons (Fsp3) is 0.562. The van der Waals surface area contributed by atoms with Crippen LogP contribution in [0.4, 0.5) is 15.9 Å². The van der Waals surface area contributed by atoms with Gasteiger partial charge < -0.3 is 24.2 Å². The van der Waals surface area contributed by atoms with Gasteiger partial charge in [0.25, 0.3) is 5.91 Å². The number of carbonyl (C=O) groups is 1. The SMILES string of the molecule is CC(C)N(C)C(=O)c1cc(F)ccc1Oc1cncnc1N1CC2(CCN(C[C@@H]3CC[C@@H](N(c4cnn(C)c4)[SH](=O)=O)CO3)CC2)C1. The van der Waals surface area contributed by atoms with Gasteiger partial charge >= 0.3 is 0 Å². The molecule has 3 aliphatic rings. The van der Waals surface area contributed by atoms with E-state index in [1.807, 2.05) is 13.8 Å². The molecule has 1 aromatic carbocycles. The third-order valence-electron chi connectivity index (χ3n) is 9.70. The Morgan fingerprint density at radius 3 is 2.57 bits per heavy atom. The zero-order chi connectivity index (χ0) is 33.3. The molecule has 254 valence electrons. The molecule has 1 spiro atoms. The minimum Gasteiger partial charge on any atom is -0.451 e. The molecule has 0 saturated carbocycles. The van der Waals surface area contributed by atoms with E-state index in [1.165, 1.54) is 28.8 Å². The van der Waals surface area contributed by atoms with Crippen LogP contribution < -0.4 is 13.9 Å². The highest BCUT2D eigenvalue weighted by molar-refractivity contribution is 7.74. The number of nitrogens with zero attached hydrogens (tertiary/aromatic N) is 8. The summed E-state index contributed by atoms with van der Waals surface area (Å²) in [6.45, 7) is 8.57. The van der Waals surface area contributed by atoms with Crippen LogP contribution in [0.3, 0.4) is 0 Å². The Bertz CT molecular complexity index is 1640. The Kier molecular flexibility index (Phi) is 9.67. The summed E-state index contributed by atoms with van der Waals surface area (Å²) in [6, 6.07) is 3.66. The van der Waals surface area contributed by atoms with Crippen LogP contribution in [0.1, 0.15) is 49.9 Å². The molecule has 15 heteroatoms. The lowest BCUT2D eigenvalue weighted by Crippen LogP contribution is -2.61. The van der Waals surface area contributed by atoms with Gasteiger partial charge in [-0.15, -0.1) is 0 Å². The van der Waals surface area contributed by atoms with Crippen molar-refractivity contribution in [2.24, 2.45) is 12.5 Å². The molecule has 3 aliphatic heterocycles. The highest BCUT2D eigenvalue weighted by Crippen LogP contribution is 2.45. The third-order valence-corrected chi connectivity index (χ3v) is 10.6. The normalized spacial score (nSPS) is 21.2. The van der Waals surface area contributed by atoms with E-state index in [0.717, 1.165) is 58.4 Å². The van der Waals surface area contributed by atoms with Gasteiger partial charge in [-0.2, -0.15) is 5.10 Å². The largest absolute Gasteiger partial charge is 0.451 e. The second kappa shape index (κ2) is 13.7. The van der Waals surface area contributed by atoms with Crippen LogP contribution >= 0.6 is 0 Å². The van der Waals surface area contributed by atoms with Gasteiger partial charge in [0.15, 0.2) is 11.6 Å². The van der Waals surface area contributed by atoms with Crippen LogP contribution in [-0.4, -0.2) is 108 Å². The molecule has 2 aromatic heterocycles. The van der Waals surface area contributed by atoms with Crippen LogP contribution in [0, 0.1) is 11.2 Å². The Morgan fingerprint density at radius 1 is 1.17 bits per heavy atom. The number of ether oxygens (including phenoxy) is 2. The molecule has 0 unspecified atom stereocenters. The number of aryl methyl sites for hydroxylation is 1. The average molecular weight is 671 g/mol. The molecule has 0 bridgehead atoms. The molecule has 3 saturated heterocycles. The first-order valence-corrected chi connectivity index (χ1v) is 17.2. The number of halogens is 1. The number of amides is 1. The fourth-order valence-electron chi connectivity index (χ4n) is 6.74. The maximum atomic E-state index is 14.2. The number of aromatic nitrogens is 4. The van der Waals surface area contributed by atoms with Crippen LogP contribution in [0.2, 0.25) is 0 Å². The number of piperidine rings is 1. The Morgan fingerprint density at radius 2 is 1.94 bits per heavy atom. The van der Waals surface area contributed by atoms with Crippen molar-refractivity contribution < 1.29 is 27.1 Å². The molecule has 3 aromatic rings. The number of likely N-dealkylation sites (tertiary alicyclic amines) is 1. The zero-order valence-electron chi connectivity index (χ0n) is 27.3. The van der Waals surface area contributed by atoms with E-state index < -0.39 is 16.7 Å². The number of anilines is 2. The second-order valence-electron chi connectivity index (χ2n) is 13.3. The molecule has 1 amide bonds. The number of thiol groups is 1. The summed E-state index contributed by atoms with van der Waals surface area (Å²) >= 11 is 0. The second-order valence-corrected chi connectivity index (χ2v) is 14.2. The van der Waals surface area contributed by atoms with Gasteiger partial charge in [0.2, 0.25) is 10.9 Å². The van der Waals surface area contributed by atoms with E-state index in [9.17, 15) is 17.6 Å². The van der Waals surface area contributed by atoms with E-state index in [1.54, 1.807) is 42.3 Å². The summed E-state index contributed by atoms with van der Waals surface area (Å²) in [5.41, 5.74) is 0.891. The molecular weight excluding hydrogens is 627 g/mol. The number of hydrogen-bond donors (Lipinski definition) is 1. The van der Waals surface area contributed by atoms with Gasteiger partial charge in [-0.05, 0) is 70.8 Å². The number of hydrogen-bond acceptors (Lipinski definition) is 10. The Hall–Kier alpha value is -3.82. The van der Waals surface area contributed by atoms with Crippen LogP contribution in [-0.2, 0) is 22.7 Å². The minimum absolute atomic E-state index is 0.0626. The molecule has 6 rings (SSSR count). The molecular formula is C32H43FN8O5S. The van der Waals surface area contributed by atoms with E-state index in [4.69, 9.17) is 9.47 Å². The number of carbonyl (C=O) groups excluding carboxylic acids is 1. The molecule has 47 heavy (non-hydrogen) atoms. The van der Waals surface area contributed by atoms with Crippen molar-refractivity contribution in [2.45, 2.75) is 57.7 Å². The molecule has 2 atom stereocenters. The number of benzene rings is 1. The molecule has 5 heterocycles. The lowest BCUT2D eigenvalue weighted by atomic mass is 9.72. The first-order chi connectivity index (χ1) is 22.5. The smallest absolute Gasteiger partial charge is 0.257 e. The van der Waals surface area contributed by atoms with Crippen molar-refractivity contribution in [3.63, 3.8) is 0 Å². The summed E-state index contributed by atoms with van der Waals surface area (Å²) in [5, 5.41) is 4.12. The van der Waals surface area contributed by atoms with E-state index in [-0.39, 0.29) is 40.8 Å². The minimum atomic E-state index is -2.79. The van der Waals surface area contributed by atoms with Gasteiger partial charge in [0, 0.05) is 51.4 Å². The monoisotopic (exact) mass is 670 g/mol. The van der Waals surface area contributed by atoms with Crippen molar-refractivity contribution >= 4 is 28.3 Å². The Labute approximate surface area is 276 Å². The third kappa shape index (κ3) is 7.21. The standard InChI is InChI=1S/C32H43FN8O5S/c1-22(2)38(4)31(42)27-13-23(33)5-8-28(27)46-29-15-34-21-35-30(29)40-19-32(20-40)9-11-39(12-10-32)17-26-7-6-24(18-45-26)41(47(43)44)25-14-36-37(3)16-25/h5,8,13-16,21-22,24,26,47H,6-7,9-12,17-20H2,1-4H3/t24-,26+/m1/s1. The van der Waals surface area contributed by atoms with Crippen molar-refractivity contribution in [3.8, 4) is 11.5 Å². The van der Waals surface area contributed by atoms with Gasteiger partial charge in [-0.3, -0.25) is 13.8 Å². The predicted octanol–water partition coefficient (Wildman–Crippen LogP) is 3.10. The van der Waals surface area contributed by atoms with Crippen molar-refractivity contribution in [2.75, 3.05) is 55.6 Å². The van der Waals surface area contributed by atoms with Crippen LogP contribution in [0.5, 0.6) is 11.5 Å². The number of rotatable bonds is 10. The summed E-state index contributed by atoms with van der Waals surface area (Å²) in [5.74, 6) is 0.489. The highest BCUT2D eigenvalue weighted by atomic mass is 32.2.